The Hall–Kier alpha value is -0.180. The van der Waals surface area contributed by atoms with E-state index in [0.717, 1.165) is 18.2 Å². The fraction of sp³-hybridized carbons (Fsp3) is 0.875. The van der Waals surface area contributed by atoms with Gasteiger partial charge in [-0.25, -0.2) is 0 Å². The molecule has 0 aromatic rings. The van der Waals surface area contributed by atoms with E-state index < -0.39 is 0 Å². The van der Waals surface area contributed by atoms with Gasteiger partial charge in [0.25, 0.3) is 0 Å². The van der Waals surface area contributed by atoms with Gasteiger partial charge in [-0.3, -0.25) is 4.79 Å². The van der Waals surface area contributed by atoms with Gasteiger partial charge in [-0.15, -0.1) is 0 Å². The summed E-state index contributed by atoms with van der Waals surface area (Å²) in [5, 5.41) is 2.76. The Bertz CT molecular complexity index is 115. The molecule has 0 heterocycles. The molecule has 0 bridgehead atoms. The van der Waals surface area contributed by atoms with E-state index in [4.69, 9.17) is 0 Å². The molecule has 0 atom stereocenters. The van der Waals surface area contributed by atoms with Gasteiger partial charge in [0.05, 0.1) is 0 Å². The lowest BCUT2D eigenvalue weighted by molar-refractivity contribution is -0.118. The first kappa shape index (κ1) is 10.8. The second-order valence-corrected chi connectivity index (χ2v) is 4.10. The molecule has 0 aliphatic rings. The maximum Gasteiger partial charge on any atom is 0.216 e. The second-order valence-electron chi connectivity index (χ2n) is 2.95. The van der Waals surface area contributed by atoms with Crippen molar-refractivity contribution >= 4 is 17.7 Å². The third-order valence-corrected chi connectivity index (χ3v) is 2.47. The maximum absolute atomic E-state index is 10.4. The summed E-state index contributed by atoms with van der Waals surface area (Å²) in [6.07, 6.45) is 0. The Morgan fingerprint density at radius 1 is 1.55 bits per heavy atom. The third-order valence-electron chi connectivity index (χ3n) is 1.07. The van der Waals surface area contributed by atoms with Gasteiger partial charge in [0.1, 0.15) is 0 Å². The van der Waals surface area contributed by atoms with Crippen molar-refractivity contribution in [3.05, 3.63) is 0 Å². The van der Waals surface area contributed by atoms with Gasteiger partial charge in [0.15, 0.2) is 0 Å². The molecule has 0 rings (SSSR count). The molecule has 3 heteroatoms. The number of hydrogen-bond acceptors (Lipinski definition) is 2. The van der Waals surface area contributed by atoms with Crippen LogP contribution in [0.4, 0.5) is 0 Å². The Morgan fingerprint density at radius 3 is 2.64 bits per heavy atom. The van der Waals surface area contributed by atoms with Crippen molar-refractivity contribution in [1.82, 2.24) is 5.32 Å². The fourth-order valence-corrected chi connectivity index (χ4v) is 1.50. The van der Waals surface area contributed by atoms with Crippen molar-refractivity contribution in [1.29, 1.82) is 0 Å². The van der Waals surface area contributed by atoms with Crippen LogP contribution < -0.4 is 5.32 Å². The van der Waals surface area contributed by atoms with Crippen LogP contribution in [0.2, 0.25) is 0 Å². The number of rotatable bonds is 5. The van der Waals surface area contributed by atoms with Crippen LogP contribution in [0.25, 0.3) is 0 Å². The van der Waals surface area contributed by atoms with E-state index in [1.807, 2.05) is 11.8 Å². The van der Waals surface area contributed by atoms with Gasteiger partial charge in [-0.2, -0.15) is 11.8 Å². The summed E-state index contributed by atoms with van der Waals surface area (Å²) in [5.74, 6) is 3.02. The van der Waals surface area contributed by atoms with Crippen molar-refractivity contribution < 1.29 is 4.79 Å². The minimum absolute atomic E-state index is 0.0650. The summed E-state index contributed by atoms with van der Waals surface area (Å²) < 4.78 is 0. The smallest absolute Gasteiger partial charge is 0.216 e. The molecule has 2 nitrogen and oxygen atoms in total. The van der Waals surface area contributed by atoms with E-state index in [-0.39, 0.29) is 5.91 Å². The molecule has 0 unspecified atom stereocenters. The monoisotopic (exact) mass is 175 g/mol. The van der Waals surface area contributed by atoms with Crippen molar-refractivity contribution in [2.45, 2.75) is 20.8 Å². The molecule has 66 valence electrons. The minimum Gasteiger partial charge on any atom is -0.356 e. The van der Waals surface area contributed by atoms with E-state index >= 15 is 0 Å². The van der Waals surface area contributed by atoms with E-state index in [0.29, 0.717) is 0 Å². The molecule has 0 fully saturated rings. The number of hydrogen-bond donors (Lipinski definition) is 1. The highest BCUT2D eigenvalue weighted by atomic mass is 32.2. The number of amides is 1. The van der Waals surface area contributed by atoms with Crippen molar-refractivity contribution in [2.75, 3.05) is 18.1 Å². The van der Waals surface area contributed by atoms with Crippen LogP contribution in [0.1, 0.15) is 20.8 Å². The molecule has 1 N–H and O–H groups in total. The van der Waals surface area contributed by atoms with Crippen LogP contribution in [0.5, 0.6) is 0 Å². The molecule has 11 heavy (non-hydrogen) atoms. The molecule has 0 saturated carbocycles. The lowest BCUT2D eigenvalue weighted by Crippen LogP contribution is -2.22. The summed E-state index contributed by atoms with van der Waals surface area (Å²) >= 11 is 1.89. The molecular formula is C8H17NOS. The van der Waals surface area contributed by atoms with Crippen molar-refractivity contribution in [2.24, 2.45) is 5.92 Å². The highest BCUT2D eigenvalue weighted by Crippen LogP contribution is 2.05. The number of carbonyl (C=O) groups excluding carboxylic acids is 1. The summed E-state index contributed by atoms with van der Waals surface area (Å²) in [6, 6.07) is 0. The Kier molecular flexibility index (Phi) is 6.42. The second kappa shape index (κ2) is 6.53. The summed E-state index contributed by atoms with van der Waals surface area (Å²) in [7, 11) is 0. The largest absolute Gasteiger partial charge is 0.356 e. The van der Waals surface area contributed by atoms with Gasteiger partial charge in [-0.1, -0.05) is 13.8 Å². The molecule has 0 radical (unpaired) electrons. The summed E-state index contributed by atoms with van der Waals surface area (Å²) in [5.41, 5.74) is 0. The van der Waals surface area contributed by atoms with Gasteiger partial charge >= 0.3 is 0 Å². The molecular weight excluding hydrogens is 158 g/mol. The average Bonchev–Trinajstić information content (AvgIpc) is 1.85. The van der Waals surface area contributed by atoms with Crippen molar-refractivity contribution in [3.63, 3.8) is 0 Å². The van der Waals surface area contributed by atoms with E-state index in [1.54, 1.807) is 6.92 Å². The average molecular weight is 175 g/mol. The molecule has 0 aromatic heterocycles. The first-order valence-corrected chi connectivity index (χ1v) is 5.10. The predicted octanol–water partition coefficient (Wildman–Crippen LogP) is 1.51. The zero-order valence-electron chi connectivity index (χ0n) is 7.52. The lowest BCUT2D eigenvalue weighted by atomic mass is 10.3. The fourth-order valence-electron chi connectivity index (χ4n) is 0.618. The van der Waals surface area contributed by atoms with Crippen LogP contribution in [0, 0.1) is 5.92 Å². The van der Waals surface area contributed by atoms with Gasteiger partial charge < -0.3 is 5.32 Å². The van der Waals surface area contributed by atoms with E-state index in [2.05, 4.69) is 19.2 Å². The number of nitrogens with one attached hydrogen (secondary N) is 1. The summed E-state index contributed by atoms with van der Waals surface area (Å²) in [6.45, 7) is 6.75. The first-order chi connectivity index (χ1) is 5.13. The number of carbonyl (C=O) groups is 1. The molecule has 0 aliphatic carbocycles. The third kappa shape index (κ3) is 9.82. The van der Waals surface area contributed by atoms with Crippen LogP contribution in [0.15, 0.2) is 0 Å². The minimum atomic E-state index is 0.0650. The Labute approximate surface area is 73.1 Å². The molecule has 0 saturated heterocycles. The highest BCUT2D eigenvalue weighted by molar-refractivity contribution is 7.99. The van der Waals surface area contributed by atoms with Crippen LogP contribution in [0.3, 0.4) is 0 Å². The zero-order valence-corrected chi connectivity index (χ0v) is 8.33. The molecule has 0 spiro atoms. The molecule has 0 aliphatic heterocycles. The van der Waals surface area contributed by atoms with Crippen LogP contribution >= 0.6 is 11.8 Å². The van der Waals surface area contributed by atoms with Crippen LogP contribution in [-0.4, -0.2) is 24.0 Å². The normalized spacial score (nSPS) is 10.2. The maximum atomic E-state index is 10.4. The van der Waals surface area contributed by atoms with Gasteiger partial charge in [0.2, 0.25) is 5.91 Å². The Morgan fingerprint density at radius 2 is 2.18 bits per heavy atom. The number of thioether (sulfide) groups is 1. The van der Waals surface area contributed by atoms with Crippen LogP contribution in [-0.2, 0) is 4.79 Å². The first-order valence-electron chi connectivity index (χ1n) is 3.95. The summed E-state index contributed by atoms with van der Waals surface area (Å²) in [4.78, 5) is 10.4. The quantitative estimate of drug-likeness (QED) is 0.642. The van der Waals surface area contributed by atoms with E-state index in [9.17, 15) is 4.79 Å². The highest BCUT2D eigenvalue weighted by Gasteiger charge is 1.94. The zero-order chi connectivity index (χ0) is 8.69. The SMILES string of the molecule is CC(=O)NCCSCC(C)C. The standard InChI is InChI=1S/C8H17NOS/c1-7(2)6-11-5-4-9-8(3)10/h7H,4-6H2,1-3H3,(H,9,10). The van der Waals surface area contributed by atoms with Gasteiger partial charge in [-0.05, 0) is 11.7 Å². The van der Waals surface area contributed by atoms with E-state index in [1.165, 1.54) is 5.75 Å². The lowest BCUT2D eigenvalue weighted by Gasteiger charge is -2.04. The molecule has 1 amide bonds. The topological polar surface area (TPSA) is 29.1 Å². The van der Waals surface area contributed by atoms with Gasteiger partial charge in [0, 0.05) is 19.2 Å². The molecule has 0 aromatic carbocycles. The Balaban J connectivity index is 2.97. The van der Waals surface area contributed by atoms with Crippen molar-refractivity contribution in [3.8, 4) is 0 Å². The predicted molar refractivity (Wildman–Crippen MR) is 50.8 cm³/mol.